The second kappa shape index (κ2) is 1.73. The highest BCUT2D eigenvalue weighted by atomic mass is 16.7. The summed E-state index contributed by atoms with van der Waals surface area (Å²) in [6, 6.07) is 0. The van der Waals surface area contributed by atoms with Crippen LogP contribution in [0, 0.1) is 0 Å². The Morgan fingerprint density at radius 1 is 1.00 bits per heavy atom. The van der Waals surface area contributed by atoms with Gasteiger partial charge in [-0.3, -0.25) is 0 Å². The SMILES string of the molecule is CC1(C23CCCCC2(C)O3)CO1. The standard InChI is InChI=1S/C10H16O2/c1-8-5-3-4-6-10(8,12-8)9(2)7-11-9/h3-7H2,1-2H3. The van der Waals surface area contributed by atoms with E-state index in [0.717, 1.165) is 6.61 Å². The lowest BCUT2D eigenvalue weighted by Gasteiger charge is -2.25. The molecule has 0 amide bonds. The molecular weight excluding hydrogens is 152 g/mol. The minimum Gasteiger partial charge on any atom is -0.367 e. The van der Waals surface area contributed by atoms with Crippen molar-refractivity contribution in [3.8, 4) is 0 Å². The third-order valence-corrected chi connectivity index (χ3v) is 4.08. The van der Waals surface area contributed by atoms with Crippen LogP contribution in [0.3, 0.4) is 0 Å². The third-order valence-electron chi connectivity index (χ3n) is 4.08. The molecule has 3 fully saturated rings. The maximum Gasteiger partial charge on any atom is 0.128 e. The maximum absolute atomic E-state index is 5.95. The highest BCUT2D eigenvalue weighted by Gasteiger charge is 2.79. The van der Waals surface area contributed by atoms with Gasteiger partial charge in [0.05, 0.1) is 12.2 Å². The average molecular weight is 168 g/mol. The van der Waals surface area contributed by atoms with Crippen LogP contribution in [0.15, 0.2) is 0 Å². The Labute approximate surface area is 73.2 Å². The molecule has 3 unspecified atom stereocenters. The Hall–Kier alpha value is -0.0800. The molecule has 0 aromatic carbocycles. The van der Waals surface area contributed by atoms with E-state index in [1.807, 2.05) is 0 Å². The van der Waals surface area contributed by atoms with Crippen molar-refractivity contribution >= 4 is 0 Å². The number of epoxide rings is 2. The molecule has 2 saturated heterocycles. The highest BCUT2D eigenvalue weighted by Crippen LogP contribution is 2.66. The van der Waals surface area contributed by atoms with Crippen LogP contribution >= 0.6 is 0 Å². The van der Waals surface area contributed by atoms with Crippen LogP contribution in [-0.4, -0.2) is 23.4 Å². The van der Waals surface area contributed by atoms with Gasteiger partial charge in [0.2, 0.25) is 0 Å². The summed E-state index contributed by atoms with van der Waals surface area (Å²) in [4.78, 5) is 0. The molecule has 0 bridgehead atoms. The molecule has 68 valence electrons. The molecule has 0 aromatic rings. The number of fused-ring (bicyclic) bond motifs is 1. The van der Waals surface area contributed by atoms with Crippen LogP contribution in [0.5, 0.6) is 0 Å². The second-order valence-corrected chi connectivity index (χ2v) is 4.89. The molecule has 0 aromatic heterocycles. The molecule has 0 radical (unpaired) electrons. The van der Waals surface area contributed by atoms with Crippen molar-refractivity contribution in [2.75, 3.05) is 6.61 Å². The summed E-state index contributed by atoms with van der Waals surface area (Å²) in [5.74, 6) is 0. The summed E-state index contributed by atoms with van der Waals surface area (Å²) < 4.78 is 11.5. The van der Waals surface area contributed by atoms with Crippen LogP contribution < -0.4 is 0 Å². The van der Waals surface area contributed by atoms with Gasteiger partial charge >= 0.3 is 0 Å². The largest absolute Gasteiger partial charge is 0.367 e. The summed E-state index contributed by atoms with van der Waals surface area (Å²) in [7, 11) is 0. The first kappa shape index (κ1) is 7.34. The van der Waals surface area contributed by atoms with Crippen molar-refractivity contribution in [1.29, 1.82) is 0 Å². The molecule has 0 N–H and O–H groups in total. The molecule has 1 aliphatic carbocycles. The summed E-state index contributed by atoms with van der Waals surface area (Å²) >= 11 is 0. The zero-order valence-corrected chi connectivity index (χ0v) is 7.85. The monoisotopic (exact) mass is 168 g/mol. The molecule has 2 aliphatic heterocycles. The van der Waals surface area contributed by atoms with Crippen LogP contribution in [0.2, 0.25) is 0 Å². The first-order valence-electron chi connectivity index (χ1n) is 4.96. The zero-order valence-electron chi connectivity index (χ0n) is 7.85. The van der Waals surface area contributed by atoms with Gasteiger partial charge in [-0.1, -0.05) is 12.8 Å². The normalized spacial score (nSPS) is 62.5. The van der Waals surface area contributed by atoms with Crippen LogP contribution in [0.1, 0.15) is 39.5 Å². The van der Waals surface area contributed by atoms with E-state index in [1.54, 1.807) is 0 Å². The van der Waals surface area contributed by atoms with Gasteiger partial charge in [-0.2, -0.15) is 0 Å². The molecule has 2 heteroatoms. The molecule has 3 rings (SSSR count). The van der Waals surface area contributed by atoms with E-state index in [9.17, 15) is 0 Å². The topological polar surface area (TPSA) is 25.1 Å². The number of hydrogen-bond donors (Lipinski definition) is 0. The van der Waals surface area contributed by atoms with Crippen LogP contribution in [0.25, 0.3) is 0 Å². The lowest BCUT2D eigenvalue weighted by Crippen LogP contribution is -2.39. The molecule has 3 aliphatic rings. The molecule has 2 heterocycles. The third kappa shape index (κ3) is 0.612. The molecule has 12 heavy (non-hydrogen) atoms. The molecule has 2 nitrogen and oxygen atoms in total. The van der Waals surface area contributed by atoms with Crippen molar-refractivity contribution in [3.05, 3.63) is 0 Å². The van der Waals surface area contributed by atoms with E-state index < -0.39 is 0 Å². The predicted molar refractivity (Wildman–Crippen MR) is 45.0 cm³/mol. The van der Waals surface area contributed by atoms with Crippen molar-refractivity contribution < 1.29 is 9.47 Å². The molecular formula is C10H16O2. The first-order chi connectivity index (χ1) is 5.62. The van der Waals surface area contributed by atoms with E-state index >= 15 is 0 Å². The second-order valence-electron chi connectivity index (χ2n) is 4.89. The van der Waals surface area contributed by atoms with Gasteiger partial charge in [0, 0.05) is 0 Å². The molecule has 0 spiro atoms. The zero-order chi connectivity index (χ0) is 8.45. The molecule has 3 atom stereocenters. The Bertz CT molecular complexity index is 230. The smallest absolute Gasteiger partial charge is 0.128 e. The minimum atomic E-state index is 0.0716. The van der Waals surface area contributed by atoms with E-state index in [-0.39, 0.29) is 16.8 Å². The van der Waals surface area contributed by atoms with Gasteiger partial charge in [0.1, 0.15) is 11.2 Å². The van der Waals surface area contributed by atoms with E-state index in [2.05, 4.69) is 13.8 Å². The quantitative estimate of drug-likeness (QED) is 0.558. The van der Waals surface area contributed by atoms with Crippen molar-refractivity contribution in [2.45, 2.75) is 56.3 Å². The lowest BCUT2D eigenvalue weighted by molar-refractivity contribution is 0.158. The van der Waals surface area contributed by atoms with E-state index in [4.69, 9.17) is 9.47 Å². The Kier molecular flexibility index (Phi) is 1.06. The Morgan fingerprint density at radius 2 is 1.67 bits per heavy atom. The van der Waals surface area contributed by atoms with Gasteiger partial charge in [0.25, 0.3) is 0 Å². The van der Waals surface area contributed by atoms with Crippen molar-refractivity contribution in [2.24, 2.45) is 0 Å². The van der Waals surface area contributed by atoms with E-state index in [0.29, 0.717) is 0 Å². The number of hydrogen-bond acceptors (Lipinski definition) is 2. The van der Waals surface area contributed by atoms with Gasteiger partial charge in [-0.25, -0.2) is 0 Å². The van der Waals surface area contributed by atoms with Crippen molar-refractivity contribution in [1.82, 2.24) is 0 Å². The van der Waals surface area contributed by atoms with Gasteiger partial charge < -0.3 is 9.47 Å². The number of rotatable bonds is 1. The Morgan fingerprint density at radius 3 is 2.25 bits per heavy atom. The highest BCUT2D eigenvalue weighted by molar-refractivity contribution is 5.27. The summed E-state index contributed by atoms with van der Waals surface area (Å²) in [5, 5.41) is 0. The van der Waals surface area contributed by atoms with Crippen LogP contribution in [-0.2, 0) is 9.47 Å². The van der Waals surface area contributed by atoms with E-state index in [1.165, 1.54) is 25.7 Å². The van der Waals surface area contributed by atoms with Crippen LogP contribution in [0.4, 0.5) is 0 Å². The fraction of sp³-hybridized carbons (Fsp3) is 1.00. The van der Waals surface area contributed by atoms with Gasteiger partial charge in [0.15, 0.2) is 0 Å². The average Bonchev–Trinajstić information content (AvgIpc) is 2.86. The summed E-state index contributed by atoms with van der Waals surface area (Å²) in [6.07, 6.45) is 5.08. The van der Waals surface area contributed by atoms with Gasteiger partial charge in [-0.15, -0.1) is 0 Å². The summed E-state index contributed by atoms with van der Waals surface area (Å²) in [5.41, 5.74) is 0.344. The Balaban J connectivity index is 1.92. The van der Waals surface area contributed by atoms with Crippen molar-refractivity contribution in [3.63, 3.8) is 0 Å². The first-order valence-corrected chi connectivity index (χ1v) is 4.96. The fourth-order valence-electron chi connectivity index (χ4n) is 3.04. The van der Waals surface area contributed by atoms with Gasteiger partial charge in [-0.05, 0) is 26.7 Å². The lowest BCUT2D eigenvalue weighted by atomic mass is 9.74. The fourth-order valence-corrected chi connectivity index (χ4v) is 3.04. The predicted octanol–water partition coefficient (Wildman–Crippen LogP) is 1.88. The molecule has 1 saturated carbocycles. The maximum atomic E-state index is 5.95. The summed E-state index contributed by atoms with van der Waals surface area (Å²) in [6.45, 7) is 5.35. The minimum absolute atomic E-state index is 0.0716. The number of ether oxygens (including phenoxy) is 2.